The number of hydrogen-bond acceptors (Lipinski definition) is 5. The number of rotatable bonds is 3. The van der Waals surface area contributed by atoms with Gasteiger partial charge in [-0.1, -0.05) is 4.49 Å². The molecule has 0 aliphatic rings. The molecule has 0 radical (unpaired) electrons. The molecule has 62 valence electrons. The van der Waals surface area contributed by atoms with Crippen molar-refractivity contribution >= 4 is 11.5 Å². The van der Waals surface area contributed by atoms with Crippen molar-refractivity contribution in [2.24, 2.45) is 0 Å². The zero-order valence-electron chi connectivity index (χ0n) is 6.53. The second kappa shape index (κ2) is 3.75. The summed E-state index contributed by atoms with van der Waals surface area (Å²) in [6, 6.07) is 0. The first kappa shape index (κ1) is 8.58. The summed E-state index contributed by atoms with van der Waals surface area (Å²) in [6.45, 7) is 2.39. The van der Waals surface area contributed by atoms with Crippen LogP contribution in [0, 0.1) is 6.92 Å². The van der Waals surface area contributed by atoms with E-state index in [-0.39, 0.29) is 0 Å². The SMILES string of the molecule is CNCC(O)c1snnc1C. The third-order valence-electron chi connectivity index (χ3n) is 1.39. The molecular formula is C6H11N3OS. The predicted molar refractivity (Wildman–Crippen MR) is 43.5 cm³/mol. The van der Waals surface area contributed by atoms with Crippen LogP contribution in [0.2, 0.25) is 0 Å². The summed E-state index contributed by atoms with van der Waals surface area (Å²) in [5.74, 6) is 0. The highest BCUT2D eigenvalue weighted by atomic mass is 32.1. The van der Waals surface area contributed by atoms with Crippen molar-refractivity contribution in [1.29, 1.82) is 0 Å². The van der Waals surface area contributed by atoms with E-state index in [4.69, 9.17) is 0 Å². The van der Waals surface area contributed by atoms with Gasteiger partial charge in [0.05, 0.1) is 10.6 Å². The van der Waals surface area contributed by atoms with Gasteiger partial charge in [0.25, 0.3) is 0 Å². The predicted octanol–water partition coefficient (Wildman–Crippen LogP) is 0.0993. The maximum absolute atomic E-state index is 9.46. The molecule has 5 heteroatoms. The van der Waals surface area contributed by atoms with E-state index in [2.05, 4.69) is 14.9 Å². The van der Waals surface area contributed by atoms with E-state index in [1.165, 1.54) is 11.5 Å². The Hall–Kier alpha value is -0.520. The Kier molecular flexibility index (Phi) is 2.92. The summed E-state index contributed by atoms with van der Waals surface area (Å²) in [5.41, 5.74) is 0.817. The molecule has 1 rings (SSSR count). The lowest BCUT2D eigenvalue weighted by molar-refractivity contribution is 0.180. The first-order valence-electron chi connectivity index (χ1n) is 3.37. The van der Waals surface area contributed by atoms with Crippen LogP contribution in [0.5, 0.6) is 0 Å². The molecule has 0 bridgehead atoms. The fourth-order valence-corrected chi connectivity index (χ4v) is 1.46. The number of hydrogen-bond donors (Lipinski definition) is 2. The third-order valence-corrected chi connectivity index (χ3v) is 2.31. The molecule has 1 atom stereocenters. The van der Waals surface area contributed by atoms with Crippen LogP contribution in [-0.4, -0.2) is 28.3 Å². The zero-order chi connectivity index (χ0) is 8.27. The van der Waals surface area contributed by atoms with Gasteiger partial charge < -0.3 is 10.4 Å². The van der Waals surface area contributed by atoms with Crippen LogP contribution in [-0.2, 0) is 0 Å². The monoisotopic (exact) mass is 173 g/mol. The summed E-state index contributed by atoms with van der Waals surface area (Å²) in [4.78, 5) is 0.847. The number of nitrogens with zero attached hydrogens (tertiary/aromatic N) is 2. The lowest BCUT2D eigenvalue weighted by atomic mass is 10.2. The summed E-state index contributed by atoms with van der Waals surface area (Å²) in [5, 5.41) is 16.1. The van der Waals surface area contributed by atoms with Gasteiger partial charge in [0.1, 0.15) is 6.10 Å². The third kappa shape index (κ3) is 1.95. The van der Waals surface area contributed by atoms with Crippen molar-refractivity contribution in [3.63, 3.8) is 0 Å². The Morgan fingerprint density at radius 1 is 1.73 bits per heavy atom. The van der Waals surface area contributed by atoms with Crippen LogP contribution < -0.4 is 5.32 Å². The largest absolute Gasteiger partial charge is 0.386 e. The van der Waals surface area contributed by atoms with Crippen LogP contribution in [0.25, 0.3) is 0 Å². The van der Waals surface area contributed by atoms with Crippen molar-refractivity contribution < 1.29 is 5.11 Å². The van der Waals surface area contributed by atoms with Gasteiger partial charge in [0.2, 0.25) is 0 Å². The second-order valence-corrected chi connectivity index (χ2v) is 3.08. The smallest absolute Gasteiger partial charge is 0.104 e. The lowest BCUT2D eigenvalue weighted by Gasteiger charge is -2.05. The molecule has 0 spiro atoms. The van der Waals surface area contributed by atoms with Gasteiger partial charge in [-0.05, 0) is 25.5 Å². The standard InChI is InChI=1S/C6H11N3OS/c1-4-6(11-9-8-4)5(10)3-7-2/h5,7,10H,3H2,1-2H3. The molecule has 0 saturated heterocycles. The van der Waals surface area contributed by atoms with Crippen molar-refractivity contribution in [1.82, 2.24) is 14.9 Å². The molecule has 0 amide bonds. The highest BCUT2D eigenvalue weighted by Gasteiger charge is 2.12. The molecule has 2 N–H and O–H groups in total. The van der Waals surface area contributed by atoms with Gasteiger partial charge in [-0.25, -0.2) is 0 Å². The second-order valence-electron chi connectivity index (χ2n) is 2.30. The maximum atomic E-state index is 9.46. The van der Waals surface area contributed by atoms with E-state index >= 15 is 0 Å². The first-order valence-corrected chi connectivity index (χ1v) is 4.14. The van der Waals surface area contributed by atoms with Crippen LogP contribution >= 0.6 is 11.5 Å². The molecule has 0 fully saturated rings. The van der Waals surface area contributed by atoms with Crippen LogP contribution in [0.3, 0.4) is 0 Å². The molecule has 1 unspecified atom stereocenters. The highest BCUT2D eigenvalue weighted by molar-refractivity contribution is 7.05. The molecule has 4 nitrogen and oxygen atoms in total. The fraction of sp³-hybridized carbons (Fsp3) is 0.667. The van der Waals surface area contributed by atoms with E-state index in [9.17, 15) is 5.11 Å². The van der Waals surface area contributed by atoms with Crippen molar-refractivity contribution in [2.75, 3.05) is 13.6 Å². The first-order chi connectivity index (χ1) is 5.25. The quantitative estimate of drug-likeness (QED) is 0.680. The molecule has 1 aromatic heterocycles. The van der Waals surface area contributed by atoms with Crippen LogP contribution in [0.4, 0.5) is 0 Å². The molecule has 0 aromatic carbocycles. The maximum Gasteiger partial charge on any atom is 0.104 e. The number of likely N-dealkylation sites (N-methyl/N-ethyl adjacent to an activating group) is 1. The van der Waals surface area contributed by atoms with Crippen LogP contribution in [0.1, 0.15) is 16.7 Å². The molecule has 0 saturated carbocycles. The normalized spacial score (nSPS) is 13.4. The minimum Gasteiger partial charge on any atom is -0.386 e. The van der Waals surface area contributed by atoms with Gasteiger partial charge in [-0.2, -0.15) is 0 Å². The summed E-state index contributed by atoms with van der Waals surface area (Å²) >= 11 is 1.25. The molecular weight excluding hydrogens is 162 g/mol. The Labute approximate surface area is 69.4 Å². The molecule has 1 heterocycles. The summed E-state index contributed by atoms with van der Waals surface area (Å²) in [7, 11) is 1.80. The zero-order valence-corrected chi connectivity index (χ0v) is 7.35. The molecule has 1 aromatic rings. The van der Waals surface area contributed by atoms with Gasteiger partial charge in [0.15, 0.2) is 0 Å². The van der Waals surface area contributed by atoms with E-state index in [1.807, 2.05) is 6.92 Å². The lowest BCUT2D eigenvalue weighted by Crippen LogP contribution is -2.16. The number of aliphatic hydroxyl groups is 1. The topological polar surface area (TPSA) is 58.0 Å². The number of nitrogens with one attached hydrogen (secondary N) is 1. The highest BCUT2D eigenvalue weighted by Crippen LogP contribution is 2.18. The average molecular weight is 173 g/mol. The molecule has 0 aliphatic heterocycles. The Morgan fingerprint density at radius 3 is 2.91 bits per heavy atom. The minimum absolute atomic E-state index is 0.472. The Balaban J connectivity index is 2.67. The number of aromatic nitrogens is 2. The minimum atomic E-state index is -0.472. The van der Waals surface area contributed by atoms with Crippen molar-refractivity contribution in [3.8, 4) is 0 Å². The summed E-state index contributed by atoms with van der Waals surface area (Å²) in [6.07, 6.45) is -0.472. The summed E-state index contributed by atoms with van der Waals surface area (Å²) < 4.78 is 3.73. The van der Waals surface area contributed by atoms with Crippen LogP contribution in [0.15, 0.2) is 0 Å². The van der Waals surface area contributed by atoms with E-state index < -0.39 is 6.10 Å². The van der Waals surface area contributed by atoms with Gasteiger partial charge in [-0.3, -0.25) is 0 Å². The van der Waals surface area contributed by atoms with E-state index in [0.29, 0.717) is 6.54 Å². The van der Waals surface area contributed by atoms with E-state index in [1.54, 1.807) is 7.05 Å². The van der Waals surface area contributed by atoms with E-state index in [0.717, 1.165) is 10.6 Å². The number of aliphatic hydroxyl groups excluding tert-OH is 1. The van der Waals surface area contributed by atoms with Gasteiger partial charge >= 0.3 is 0 Å². The number of aryl methyl sites for hydroxylation is 1. The Bertz CT molecular complexity index is 225. The van der Waals surface area contributed by atoms with Crippen molar-refractivity contribution in [2.45, 2.75) is 13.0 Å². The average Bonchev–Trinajstić information content (AvgIpc) is 2.36. The van der Waals surface area contributed by atoms with Crippen molar-refractivity contribution in [3.05, 3.63) is 10.6 Å². The molecule has 11 heavy (non-hydrogen) atoms. The molecule has 0 aliphatic carbocycles. The van der Waals surface area contributed by atoms with Gasteiger partial charge in [-0.15, -0.1) is 5.10 Å². The fourth-order valence-electron chi connectivity index (χ4n) is 0.829. The Morgan fingerprint density at radius 2 is 2.45 bits per heavy atom. The van der Waals surface area contributed by atoms with Gasteiger partial charge in [0, 0.05) is 6.54 Å².